The minimum Gasteiger partial charge on any atom is -0.444 e. The number of para-hydroxylation sites is 1. The number of benzene rings is 3. The lowest BCUT2D eigenvalue weighted by Gasteiger charge is -2.38. The van der Waals surface area contributed by atoms with Crippen molar-refractivity contribution >= 4 is 23.6 Å². The third kappa shape index (κ3) is 7.03. The second-order valence-corrected chi connectivity index (χ2v) is 13.3. The summed E-state index contributed by atoms with van der Waals surface area (Å²) in [6, 6.07) is 22.9. The summed E-state index contributed by atoms with van der Waals surface area (Å²) < 4.78 is 5.53. The van der Waals surface area contributed by atoms with Gasteiger partial charge >= 0.3 is 6.09 Å². The number of nitrogens with one attached hydrogen (secondary N) is 3. The molecule has 244 valence electrons. The maximum Gasteiger partial charge on any atom is 0.408 e. The molecule has 11 heteroatoms. The van der Waals surface area contributed by atoms with Crippen LogP contribution in [0.3, 0.4) is 0 Å². The number of carbonyl (C=O) groups is 3. The molecule has 1 atom stereocenters. The quantitative estimate of drug-likeness (QED) is 0.236. The van der Waals surface area contributed by atoms with Crippen LogP contribution >= 0.6 is 0 Å². The molecule has 1 aromatic heterocycles. The smallest absolute Gasteiger partial charge is 0.408 e. The zero-order chi connectivity index (χ0) is 33.0. The average Bonchev–Trinajstić information content (AvgIpc) is 3.56. The van der Waals surface area contributed by atoms with E-state index in [2.05, 4.69) is 31.3 Å². The lowest BCUT2D eigenvalue weighted by Crippen LogP contribution is -2.63. The number of ether oxygens (including phenoxy) is 1. The molecule has 3 N–H and O–H groups in total. The van der Waals surface area contributed by atoms with Gasteiger partial charge in [-0.15, -0.1) is 5.10 Å². The fraction of sp³-hybridized carbons (Fsp3) is 0.389. The summed E-state index contributed by atoms with van der Waals surface area (Å²) in [4.78, 5) is 43.3. The highest BCUT2D eigenvalue weighted by Crippen LogP contribution is 2.36. The Morgan fingerprint density at radius 2 is 1.62 bits per heavy atom. The second-order valence-electron chi connectivity index (χ2n) is 13.3. The van der Waals surface area contributed by atoms with Gasteiger partial charge in [0.05, 0.1) is 6.54 Å². The fourth-order valence-electron chi connectivity index (χ4n) is 6.66. The number of anilines is 1. The summed E-state index contributed by atoms with van der Waals surface area (Å²) in [6.07, 6.45) is 3.94. The number of amides is 3. The van der Waals surface area contributed by atoms with E-state index in [9.17, 15) is 14.4 Å². The predicted octanol–water partition coefficient (Wildman–Crippen LogP) is 5.73. The Bertz CT molecular complexity index is 1740. The number of H-pyrrole nitrogens is 1. The molecule has 11 nitrogen and oxygen atoms in total. The van der Waals surface area contributed by atoms with Crippen molar-refractivity contribution in [3.63, 3.8) is 0 Å². The summed E-state index contributed by atoms with van der Waals surface area (Å²) >= 11 is 0. The lowest BCUT2D eigenvalue weighted by molar-refractivity contribution is -0.133. The number of hydrogen-bond donors (Lipinski definition) is 3. The van der Waals surface area contributed by atoms with Crippen molar-refractivity contribution in [2.45, 2.75) is 89.4 Å². The zero-order valence-electron chi connectivity index (χ0n) is 27.1. The number of aromatic amines is 1. The first-order valence-electron chi connectivity index (χ1n) is 16.3. The van der Waals surface area contributed by atoms with Gasteiger partial charge in [0, 0.05) is 11.3 Å². The Labute approximate surface area is 274 Å². The van der Waals surface area contributed by atoms with Gasteiger partial charge in [0.1, 0.15) is 17.2 Å². The lowest BCUT2D eigenvalue weighted by atomic mass is 9.80. The number of tetrazole rings is 1. The van der Waals surface area contributed by atoms with Crippen LogP contribution in [0.25, 0.3) is 22.5 Å². The molecule has 0 bridgehead atoms. The summed E-state index contributed by atoms with van der Waals surface area (Å²) in [5, 5.41) is 20.5. The number of carbonyl (C=O) groups excluding carboxylic acids is 3. The van der Waals surface area contributed by atoms with Crippen molar-refractivity contribution < 1.29 is 19.1 Å². The highest BCUT2D eigenvalue weighted by atomic mass is 16.6. The molecule has 47 heavy (non-hydrogen) atoms. The molecule has 6 rings (SSSR count). The van der Waals surface area contributed by atoms with Crippen LogP contribution in [0, 0.1) is 0 Å². The molecule has 2 heterocycles. The van der Waals surface area contributed by atoms with E-state index in [1.165, 1.54) is 0 Å². The first kappa shape index (κ1) is 31.9. The van der Waals surface area contributed by atoms with E-state index in [1.54, 1.807) is 25.7 Å². The summed E-state index contributed by atoms with van der Waals surface area (Å²) in [7, 11) is 0. The minimum absolute atomic E-state index is 0.200. The van der Waals surface area contributed by atoms with E-state index in [0.717, 1.165) is 52.8 Å². The molecule has 0 spiro atoms. The molecular formula is C36H41N7O4. The van der Waals surface area contributed by atoms with E-state index >= 15 is 0 Å². The van der Waals surface area contributed by atoms with Gasteiger partial charge in [-0.3, -0.25) is 9.59 Å². The molecule has 1 aliphatic heterocycles. The summed E-state index contributed by atoms with van der Waals surface area (Å²) in [5.74, 6) is 0.00219. The number of alkyl carbamates (subject to hydrolysis) is 1. The normalized spacial score (nSPS) is 17.7. The van der Waals surface area contributed by atoms with Gasteiger partial charge < -0.3 is 20.3 Å². The molecule has 0 radical (unpaired) electrons. The summed E-state index contributed by atoms with van der Waals surface area (Å²) in [5.41, 5.74) is 3.63. The van der Waals surface area contributed by atoms with Crippen molar-refractivity contribution in [1.82, 2.24) is 31.3 Å². The maximum absolute atomic E-state index is 14.5. The monoisotopic (exact) mass is 635 g/mol. The van der Waals surface area contributed by atoms with Crippen LogP contribution in [0.15, 0.2) is 72.8 Å². The van der Waals surface area contributed by atoms with Gasteiger partial charge in [0.25, 0.3) is 0 Å². The van der Waals surface area contributed by atoms with Crippen LogP contribution in [0.1, 0.15) is 70.4 Å². The van der Waals surface area contributed by atoms with Crippen molar-refractivity contribution in [1.29, 1.82) is 0 Å². The molecule has 1 unspecified atom stereocenters. The van der Waals surface area contributed by atoms with E-state index in [4.69, 9.17) is 4.74 Å². The Kier molecular flexibility index (Phi) is 9.06. The third-order valence-corrected chi connectivity index (χ3v) is 8.90. The molecule has 3 amide bonds. The predicted molar refractivity (Wildman–Crippen MR) is 178 cm³/mol. The maximum atomic E-state index is 14.5. The largest absolute Gasteiger partial charge is 0.444 e. The van der Waals surface area contributed by atoms with Crippen molar-refractivity contribution in [2.24, 2.45) is 0 Å². The van der Waals surface area contributed by atoms with Crippen molar-refractivity contribution in [2.75, 3.05) is 4.90 Å². The Hall–Kier alpha value is -5.06. The van der Waals surface area contributed by atoms with Crippen molar-refractivity contribution in [3.05, 3.63) is 83.9 Å². The summed E-state index contributed by atoms with van der Waals surface area (Å²) in [6.45, 7) is 5.65. The first-order valence-corrected chi connectivity index (χ1v) is 16.3. The van der Waals surface area contributed by atoms with Crippen LogP contribution in [0.5, 0.6) is 0 Å². The second kappa shape index (κ2) is 13.4. The minimum atomic E-state index is -1.14. The average molecular weight is 636 g/mol. The molecule has 0 saturated heterocycles. The molecule has 3 aromatic carbocycles. The van der Waals surface area contributed by atoms with Crippen LogP contribution in [-0.4, -0.2) is 55.7 Å². The highest BCUT2D eigenvalue weighted by molar-refractivity contribution is 6.02. The highest BCUT2D eigenvalue weighted by Gasteiger charge is 2.44. The van der Waals surface area contributed by atoms with Gasteiger partial charge in [0.15, 0.2) is 5.82 Å². The van der Waals surface area contributed by atoms with Gasteiger partial charge in [-0.05, 0) is 85.2 Å². The SMILES string of the molecule is CC(C)(C)OC(=O)NC1(C(=O)NC2CCc3ccccc3N(Cc3ccccc3-c3ccccc3-c3nnn[nH]3)C2=O)CCCCC1. The van der Waals surface area contributed by atoms with Crippen LogP contribution < -0.4 is 15.5 Å². The molecule has 2 aliphatic rings. The number of aryl methyl sites for hydroxylation is 1. The van der Waals surface area contributed by atoms with Gasteiger partial charge in [-0.2, -0.15) is 0 Å². The van der Waals surface area contributed by atoms with Gasteiger partial charge in [-0.25, -0.2) is 9.89 Å². The Morgan fingerprint density at radius 1 is 0.936 bits per heavy atom. The van der Waals surface area contributed by atoms with E-state index in [-0.39, 0.29) is 18.4 Å². The van der Waals surface area contributed by atoms with Crippen LogP contribution in [0.4, 0.5) is 10.5 Å². The number of rotatable bonds is 7. The van der Waals surface area contributed by atoms with Crippen LogP contribution in [-0.2, 0) is 27.3 Å². The Balaban J connectivity index is 1.31. The molecular weight excluding hydrogens is 594 g/mol. The zero-order valence-corrected chi connectivity index (χ0v) is 27.1. The van der Waals surface area contributed by atoms with Crippen molar-refractivity contribution in [3.8, 4) is 22.5 Å². The number of aromatic nitrogens is 4. The van der Waals surface area contributed by atoms with E-state index in [0.29, 0.717) is 31.5 Å². The molecule has 4 aromatic rings. The van der Waals surface area contributed by atoms with E-state index < -0.39 is 23.3 Å². The standard InChI is InChI=1S/C36H41N7O4/c1-35(2,3)47-34(46)38-36(21-11-4-12-22-36)33(45)37-29-20-19-24-13-6-10-18-30(24)43(32(29)44)23-25-14-5-7-15-26(25)27-16-8-9-17-28(27)31-39-41-42-40-31/h5-10,13-18,29H,4,11-12,19-23H2,1-3H3,(H,37,45)(H,38,46)(H,39,40,41,42). The Morgan fingerprint density at radius 3 is 2.34 bits per heavy atom. The molecule has 1 saturated carbocycles. The fourth-order valence-corrected chi connectivity index (χ4v) is 6.66. The third-order valence-electron chi connectivity index (χ3n) is 8.90. The van der Waals surface area contributed by atoms with Gasteiger partial charge in [-0.1, -0.05) is 86.0 Å². The first-order chi connectivity index (χ1) is 22.6. The molecule has 1 fully saturated rings. The number of nitrogens with zero attached hydrogens (tertiary/aromatic N) is 4. The van der Waals surface area contributed by atoms with Gasteiger partial charge in [0.2, 0.25) is 11.8 Å². The van der Waals surface area contributed by atoms with Crippen LogP contribution in [0.2, 0.25) is 0 Å². The van der Waals surface area contributed by atoms with E-state index in [1.807, 2.05) is 72.8 Å². The topological polar surface area (TPSA) is 142 Å². The number of fused-ring (bicyclic) bond motifs is 1. The number of hydrogen-bond acceptors (Lipinski definition) is 7. The molecule has 1 aliphatic carbocycles.